The summed E-state index contributed by atoms with van der Waals surface area (Å²) in [6.45, 7) is 0.605. The molecule has 0 aliphatic heterocycles. The maximum atomic E-state index is 11.1. The Balaban J connectivity index is 1.85. The summed E-state index contributed by atoms with van der Waals surface area (Å²) < 4.78 is 5.67. The molecule has 1 amide bonds. The maximum absolute atomic E-state index is 11.1. The first-order valence-corrected chi connectivity index (χ1v) is 7.23. The minimum Gasteiger partial charge on any atom is -0.480 e. The molecule has 2 aromatic rings. The van der Waals surface area contributed by atoms with Crippen LogP contribution in [-0.4, -0.2) is 24.9 Å². The van der Waals surface area contributed by atoms with Gasteiger partial charge in [0.15, 0.2) is 0 Å². The predicted molar refractivity (Wildman–Crippen MR) is 85.6 cm³/mol. The highest BCUT2D eigenvalue weighted by Crippen LogP contribution is 2.24. The second-order valence-corrected chi connectivity index (χ2v) is 4.71. The molecule has 0 unspecified atom stereocenters. The number of carbonyl (C=O) groups is 1. The molecule has 0 saturated carbocycles. The van der Waals surface area contributed by atoms with Crippen molar-refractivity contribution in [3.8, 4) is 17.6 Å². The second-order valence-electron chi connectivity index (χ2n) is 4.34. The Morgan fingerprint density at radius 3 is 2.81 bits per heavy atom. The summed E-state index contributed by atoms with van der Waals surface area (Å²) in [4.78, 5) is 11.1. The standard InChI is InChI=1S/C17H16ClNO2/c18-11-10-17(20)19-12-3-4-13-21-16-9-5-7-14-6-1-2-8-15(14)16/h1-2,5-9H,10-13H2,(H,19,20). The molecule has 1 N–H and O–H groups in total. The van der Waals surface area contributed by atoms with Crippen LogP contribution >= 0.6 is 11.6 Å². The largest absolute Gasteiger partial charge is 0.480 e. The van der Waals surface area contributed by atoms with Crippen LogP contribution in [0.4, 0.5) is 0 Å². The minimum absolute atomic E-state index is 0.0886. The lowest BCUT2D eigenvalue weighted by Crippen LogP contribution is -2.23. The summed E-state index contributed by atoms with van der Waals surface area (Å²) in [6.07, 6.45) is 0.315. The molecule has 0 radical (unpaired) electrons. The van der Waals surface area contributed by atoms with Crippen LogP contribution in [0.1, 0.15) is 6.42 Å². The van der Waals surface area contributed by atoms with E-state index in [1.165, 1.54) is 0 Å². The Morgan fingerprint density at radius 1 is 1.14 bits per heavy atom. The number of rotatable bonds is 5. The summed E-state index contributed by atoms with van der Waals surface area (Å²) in [5, 5.41) is 4.86. The molecule has 0 spiro atoms. The zero-order chi connectivity index (χ0) is 14.9. The molecule has 0 bridgehead atoms. The van der Waals surface area contributed by atoms with Gasteiger partial charge in [-0.15, -0.1) is 11.6 Å². The monoisotopic (exact) mass is 301 g/mol. The molecule has 0 saturated heterocycles. The van der Waals surface area contributed by atoms with Gasteiger partial charge in [-0.2, -0.15) is 0 Å². The van der Waals surface area contributed by atoms with Crippen molar-refractivity contribution in [1.82, 2.24) is 5.32 Å². The van der Waals surface area contributed by atoms with E-state index in [4.69, 9.17) is 16.3 Å². The quantitative estimate of drug-likeness (QED) is 0.681. The van der Waals surface area contributed by atoms with E-state index < -0.39 is 0 Å². The molecule has 0 aliphatic carbocycles. The smallest absolute Gasteiger partial charge is 0.221 e. The van der Waals surface area contributed by atoms with Gasteiger partial charge in [0, 0.05) is 17.7 Å². The van der Waals surface area contributed by atoms with Crippen LogP contribution in [0.3, 0.4) is 0 Å². The summed E-state index contributed by atoms with van der Waals surface area (Å²) >= 11 is 5.46. The molecule has 0 aliphatic rings. The molecule has 108 valence electrons. The average molecular weight is 302 g/mol. The zero-order valence-electron chi connectivity index (χ0n) is 11.6. The van der Waals surface area contributed by atoms with Gasteiger partial charge >= 0.3 is 0 Å². The first-order chi connectivity index (χ1) is 10.3. The number of carbonyl (C=O) groups excluding carboxylic acids is 1. The van der Waals surface area contributed by atoms with Crippen molar-refractivity contribution in [2.45, 2.75) is 6.42 Å². The molecule has 0 heterocycles. The molecule has 0 aromatic heterocycles. The predicted octanol–water partition coefficient (Wildman–Crippen LogP) is 2.97. The van der Waals surface area contributed by atoms with Crippen molar-refractivity contribution in [3.63, 3.8) is 0 Å². The molecular formula is C17H16ClNO2. The topological polar surface area (TPSA) is 38.3 Å². The molecule has 0 fully saturated rings. The first-order valence-electron chi connectivity index (χ1n) is 6.70. The van der Waals surface area contributed by atoms with Gasteiger partial charge in [0.2, 0.25) is 5.91 Å². The fraction of sp³-hybridized carbons (Fsp3) is 0.235. The Kier molecular flexibility index (Phi) is 5.93. The number of benzene rings is 2. The van der Waals surface area contributed by atoms with E-state index in [0.29, 0.717) is 25.5 Å². The fourth-order valence-electron chi connectivity index (χ4n) is 1.87. The lowest BCUT2D eigenvalue weighted by molar-refractivity contribution is -0.120. The summed E-state index contributed by atoms with van der Waals surface area (Å²) in [5.74, 6) is 6.77. The summed E-state index contributed by atoms with van der Waals surface area (Å²) in [7, 11) is 0. The number of amides is 1. The summed E-state index contributed by atoms with van der Waals surface area (Å²) in [5.41, 5.74) is 0. The maximum Gasteiger partial charge on any atom is 0.221 e. The van der Waals surface area contributed by atoms with Gasteiger partial charge in [0.1, 0.15) is 12.4 Å². The van der Waals surface area contributed by atoms with Crippen LogP contribution < -0.4 is 10.1 Å². The number of fused-ring (bicyclic) bond motifs is 1. The number of ether oxygens (including phenoxy) is 1. The van der Waals surface area contributed by atoms with Crippen LogP contribution in [0, 0.1) is 11.8 Å². The molecule has 4 heteroatoms. The molecule has 3 nitrogen and oxygen atoms in total. The van der Waals surface area contributed by atoms with Crippen LogP contribution in [-0.2, 0) is 4.79 Å². The van der Waals surface area contributed by atoms with Crippen molar-refractivity contribution >= 4 is 28.3 Å². The minimum atomic E-state index is -0.0886. The van der Waals surface area contributed by atoms with Crippen molar-refractivity contribution in [1.29, 1.82) is 0 Å². The number of nitrogens with one attached hydrogen (secondary N) is 1. The molecule has 2 rings (SSSR count). The van der Waals surface area contributed by atoms with Crippen molar-refractivity contribution < 1.29 is 9.53 Å². The molecule has 2 aromatic carbocycles. The normalized spacial score (nSPS) is 9.76. The number of halogens is 1. The fourth-order valence-corrected chi connectivity index (χ4v) is 2.04. The van der Waals surface area contributed by atoms with Crippen molar-refractivity contribution in [2.75, 3.05) is 19.0 Å². The SMILES string of the molecule is O=C(CCCl)NCC#CCOc1cccc2ccccc12. The lowest BCUT2D eigenvalue weighted by atomic mass is 10.1. The number of hydrogen-bond donors (Lipinski definition) is 1. The highest BCUT2D eigenvalue weighted by atomic mass is 35.5. The van der Waals surface area contributed by atoms with Gasteiger partial charge < -0.3 is 10.1 Å². The van der Waals surface area contributed by atoms with E-state index in [2.05, 4.69) is 17.2 Å². The van der Waals surface area contributed by atoms with E-state index in [0.717, 1.165) is 16.5 Å². The van der Waals surface area contributed by atoms with Crippen LogP contribution in [0.25, 0.3) is 10.8 Å². The average Bonchev–Trinajstić information content (AvgIpc) is 2.51. The third-order valence-electron chi connectivity index (χ3n) is 2.87. The third-order valence-corrected chi connectivity index (χ3v) is 3.06. The van der Waals surface area contributed by atoms with E-state index in [1.807, 2.05) is 42.5 Å². The van der Waals surface area contributed by atoms with Gasteiger partial charge in [-0.1, -0.05) is 48.2 Å². The number of alkyl halides is 1. The molecule has 0 atom stereocenters. The van der Waals surface area contributed by atoms with Gasteiger partial charge in [0.05, 0.1) is 6.54 Å². The van der Waals surface area contributed by atoms with E-state index in [-0.39, 0.29) is 5.91 Å². The van der Waals surface area contributed by atoms with Gasteiger partial charge in [-0.25, -0.2) is 0 Å². The second kappa shape index (κ2) is 8.18. The molecular weight excluding hydrogens is 286 g/mol. The molecule has 21 heavy (non-hydrogen) atoms. The first kappa shape index (κ1) is 15.2. The van der Waals surface area contributed by atoms with Crippen LogP contribution in [0.2, 0.25) is 0 Å². The van der Waals surface area contributed by atoms with Gasteiger partial charge in [-0.3, -0.25) is 4.79 Å². The van der Waals surface area contributed by atoms with Crippen molar-refractivity contribution in [3.05, 3.63) is 42.5 Å². The highest BCUT2D eigenvalue weighted by Gasteiger charge is 1.99. The lowest BCUT2D eigenvalue weighted by Gasteiger charge is -2.06. The number of hydrogen-bond acceptors (Lipinski definition) is 2. The Labute approximate surface area is 129 Å². The Morgan fingerprint density at radius 2 is 1.95 bits per heavy atom. The van der Waals surface area contributed by atoms with E-state index in [9.17, 15) is 4.79 Å². The van der Waals surface area contributed by atoms with Gasteiger partial charge in [0.25, 0.3) is 0 Å². The highest BCUT2D eigenvalue weighted by molar-refractivity contribution is 6.18. The van der Waals surface area contributed by atoms with Gasteiger partial charge in [-0.05, 0) is 11.5 Å². The Bertz CT molecular complexity index is 668. The van der Waals surface area contributed by atoms with E-state index in [1.54, 1.807) is 0 Å². The van der Waals surface area contributed by atoms with Crippen LogP contribution in [0.15, 0.2) is 42.5 Å². The Hall–Kier alpha value is -2.18. The van der Waals surface area contributed by atoms with E-state index >= 15 is 0 Å². The summed E-state index contributed by atoms with van der Waals surface area (Å²) in [6, 6.07) is 14.0. The van der Waals surface area contributed by atoms with Crippen LogP contribution in [0.5, 0.6) is 5.75 Å². The third kappa shape index (κ3) is 4.70. The van der Waals surface area contributed by atoms with Crippen molar-refractivity contribution in [2.24, 2.45) is 0 Å². The zero-order valence-corrected chi connectivity index (χ0v) is 12.3.